The second kappa shape index (κ2) is 11.9. The third-order valence-electron chi connectivity index (χ3n) is 5.83. The number of nitrogens with one attached hydrogen (secondary N) is 1. The van der Waals surface area contributed by atoms with Crippen LogP contribution in [0.25, 0.3) is 10.6 Å². The Morgan fingerprint density at radius 3 is 2.82 bits per heavy atom. The van der Waals surface area contributed by atoms with E-state index in [4.69, 9.17) is 9.47 Å². The Bertz CT molecular complexity index is 1020. The van der Waals surface area contributed by atoms with Gasteiger partial charge in [0, 0.05) is 43.3 Å². The number of thiazole rings is 1. The van der Waals surface area contributed by atoms with Gasteiger partial charge in [-0.15, -0.1) is 11.3 Å². The predicted molar refractivity (Wildman–Crippen MR) is 132 cm³/mol. The van der Waals surface area contributed by atoms with Gasteiger partial charge >= 0.3 is 0 Å². The van der Waals surface area contributed by atoms with Crippen LogP contribution >= 0.6 is 11.3 Å². The van der Waals surface area contributed by atoms with E-state index in [1.54, 1.807) is 11.3 Å². The molecule has 33 heavy (non-hydrogen) atoms. The average molecular weight is 466 g/mol. The predicted octanol–water partition coefficient (Wildman–Crippen LogP) is 4.16. The third kappa shape index (κ3) is 7.12. The van der Waals surface area contributed by atoms with E-state index in [1.165, 1.54) is 0 Å². The standard InChI is InChI=1S/C26H31N3O3S/c1-29(23-10-13-31-14-11-23)12-15-32-24-9-5-6-20(16-24)18-27-25(30)17-22-19-33-26(28-22)21-7-3-2-4-8-21/h2-9,16,19,23H,10-15,17-18H2,1H3,(H,27,30). The molecule has 174 valence electrons. The fourth-order valence-corrected chi connectivity index (χ4v) is 4.72. The number of benzene rings is 2. The number of carbonyl (C=O) groups is 1. The maximum atomic E-state index is 12.4. The summed E-state index contributed by atoms with van der Waals surface area (Å²) in [7, 11) is 2.15. The molecule has 0 saturated carbocycles. The number of nitrogens with zero attached hydrogens (tertiary/aromatic N) is 2. The smallest absolute Gasteiger partial charge is 0.226 e. The Labute approximate surface area is 199 Å². The maximum absolute atomic E-state index is 12.4. The monoisotopic (exact) mass is 465 g/mol. The zero-order valence-electron chi connectivity index (χ0n) is 19.0. The highest BCUT2D eigenvalue weighted by Gasteiger charge is 2.18. The lowest BCUT2D eigenvalue weighted by Gasteiger charge is -2.31. The minimum Gasteiger partial charge on any atom is -0.492 e. The summed E-state index contributed by atoms with van der Waals surface area (Å²) in [4.78, 5) is 19.4. The molecule has 6 nitrogen and oxygen atoms in total. The Balaban J connectivity index is 1.21. The zero-order chi connectivity index (χ0) is 22.9. The summed E-state index contributed by atoms with van der Waals surface area (Å²) in [6, 6.07) is 18.5. The van der Waals surface area contributed by atoms with E-state index in [-0.39, 0.29) is 12.3 Å². The van der Waals surface area contributed by atoms with Gasteiger partial charge in [-0.1, -0.05) is 42.5 Å². The second-order valence-corrected chi connectivity index (χ2v) is 9.14. The van der Waals surface area contributed by atoms with E-state index in [0.29, 0.717) is 19.2 Å². The number of carbonyl (C=O) groups excluding carboxylic acids is 1. The average Bonchev–Trinajstić information content (AvgIpc) is 3.32. The van der Waals surface area contributed by atoms with Crippen LogP contribution < -0.4 is 10.1 Å². The molecule has 0 unspecified atom stereocenters. The van der Waals surface area contributed by atoms with Crippen LogP contribution in [0.3, 0.4) is 0 Å². The van der Waals surface area contributed by atoms with Crippen molar-refractivity contribution < 1.29 is 14.3 Å². The zero-order valence-corrected chi connectivity index (χ0v) is 19.9. The fourth-order valence-electron chi connectivity index (χ4n) is 3.89. The van der Waals surface area contributed by atoms with E-state index in [2.05, 4.69) is 22.2 Å². The number of hydrogen-bond acceptors (Lipinski definition) is 6. The molecule has 0 aliphatic carbocycles. The molecule has 1 amide bonds. The Morgan fingerprint density at radius 1 is 1.18 bits per heavy atom. The Hall–Kier alpha value is -2.74. The molecule has 2 aromatic carbocycles. The van der Waals surface area contributed by atoms with Gasteiger partial charge in [-0.3, -0.25) is 9.69 Å². The van der Waals surface area contributed by atoms with Crippen molar-refractivity contribution in [2.45, 2.75) is 31.8 Å². The van der Waals surface area contributed by atoms with Gasteiger partial charge in [-0.05, 0) is 37.6 Å². The lowest BCUT2D eigenvalue weighted by atomic mass is 10.1. The highest BCUT2D eigenvalue weighted by Crippen LogP contribution is 2.23. The molecule has 2 heterocycles. The molecular weight excluding hydrogens is 434 g/mol. The van der Waals surface area contributed by atoms with Gasteiger partial charge in [0.15, 0.2) is 0 Å². The minimum atomic E-state index is -0.0377. The molecular formula is C26H31N3O3S. The van der Waals surface area contributed by atoms with Crippen molar-refractivity contribution >= 4 is 17.2 Å². The van der Waals surface area contributed by atoms with Crippen LogP contribution in [0.5, 0.6) is 5.75 Å². The molecule has 1 aromatic heterocycles. The normalized spacial score (nSPS) is 14.4. The van der Waals surface area contributed by atoms with Crippen LogP contribution in [0.1, 0.15) is 24.1 Å². The highest BCUT2D eigenvalue weighted by atomic mass is 32.1. The lowest BCUT2D eigenvalue weighted by molar-refractivity contribution is -0.120. The summed E-state index contributed by atoms with van der Waals surface area (Å²) in [6.07, 6.45) is 2.44. The molecule has 0 bridgehead atoms. The SMILES string of the molecule is CN(CCOc1cccc(CNC(=O)Cc2csc(-c3ccccc3)n2)c1)C1CCOCC1. The minimum absolute atomic E-state index is 0.0377. The van der Waals surface area contributed by atoms with Crippen LogP contribution in [-0.4, -0.2) is 55.2 Å². The van der Waals surface area contributed by atoms with E-state index in [0.717, 1.165) is 60.2 Å². The fraction of sp³-hybridized carbons (Fsp3) is 0.385. The second-order valence-electron chi connectivity index (χ2n) is 8.28. The molecule has 7 heteroatoms. The Kier molecular flexibility index (Phi) is 8.47. The van der Waals surface area contributed by atoms with Crippen molar-refractivity contribution in [2.24, 2.45) is 0 Å². The Morgan fingerprint density at radius 2 is 2.00 bits per heavy atom. The van der Waals surface area contributed by atoms with Crippen molar-refractivity contribution in [3.8, 4) is 16.3 Å². The van der Waals surface area contributed by atoms with Crippen molar-refractivity contribution in [3.63, 3.8) is 0 Å². The number of ether oxygens (including phenoxy) is 2. The van der Waals surface area contributed by atoms with Crippen LogP contribution in [0.15, 0.2) is 60.0 Å². The third-order valence-corrected chi connectivity index (χ3v) is 6.77. The van der Waals surface area contributed by atoms with E-state index in [9.17, 15) is 4.79 Å². The van der Waals surface area contributed by atoms with Gasteiger partial charge in [0.05, 0.1) is 12.1 Å². The topological polar surface area (TPSA) is 63.7 Å². The van der Waals surface area contributed by atoms with Gasteiger partial charge in [-0.25, -0.2) is 4.98 Å². The summed E-state index contributed by atoms with van der Waals surface area (Å²) < 4.78 is 11.4. The molecule has 1 N–H and O–H groups in total. The van der Waals surface area contributed by atoms with Crippen molar-refractivity contribution in [3.05, 3.63) is 71.2 Å². The molecule has 0 atom stereocenters. The summed E-state index contributed by atoms with van der Waals surface area (Å²) in [5.41, 5.74) is 2.88. The van der Waals surface area contributed by atoms with Crippen LogP contribution in [0, 0.1) is 0 Å². The number of aromatic nitrogens is 1. The van der Waals surface area contributed by atoms with Crippen molar-refractivity contribution in [1.29, 1.82) is 0 Å². The van der Waals surface area contributed by atoms with Gasteiger partial charge in [-0.2, -0.15) is 0 Å². The van der Waals surface area contributed by atoms with Crippen molar-refractivity contribution in [2.75, 3.05) is 33.4 Å². The van der Waals surface area contributed by atoms with Gasteiger partial charge in [0.2, 0.25) is 5.91 Å². The molecule has 1 aliphatic rings. The number of hydrogen-bond donors (Lipinski definition) is 1. The van der Waals surface area contributed by atoms with Gasteiger partial charge in [0.25, 0.3) is 0 Å². The number of likely N-dealkylation sites (N-methyl/N-ethyl adjacent to an activating group) is 1. The molecule has 0 spiro atoms. The van der Waals surface area contributed by atoms with Crippen molar-refractivity contribution in [1.82, 2.24) is 15.2 Å². The summed E-state index contributed by atoms with van der Waals surface area (Å²) in [5, 5.41) is 5.88. The van der Waals surface area contributed by atoms with Gasteiger partial charge < -0.3 is 14.8 Å². The van der Waals surface area contributed by atoms with Crippen LogP contribution in [0.4, 0.5) is 0 Å². The summed E-state index contributed by atoms with van der Waals surface area (Å²) >= 11 is 1.56. The molecule has 0 radical (unpaired) electrons. The summed E-state index contributed by atoms with van der Waals surface area (Å²) in [6.45, 7) is 3.68. The molecule has 1 fully saturated rings. The molecule has 4 rings (SSSR count). The first-order valence-corrected chi connectivity index (χ1v) is 12.3. The number of amides is 1. The quantitative estimate of drug-likeness (QED) is 0.487. The lowest BCUT2D eigenvalue weighted by Crippen LogP contribution is -2.38. The van der Waals surface area contributed by atoms with Crippen LogP contribution in [-0.2, 0) is 22.5 Å². The molecule has 1 aliphatic heterocycles. The highest BCUT2D eigenvalue weighted by molar-refractivity contribution is 7.13. The first kappa shape index (κ1) is 23.4. The molecule has 1 saturated heterocycles. The first-order chi connectivity index (χ1) is 16.2. The maximum Gasteiger partial charge on any atom is 0.226 e. The summed E-state index contributed by atoms with van der Waals surface area (Å²) in [5.74, 6) is 0.790. The van der Waals surface area contributed by atoms with E-state index < -0.39 is 0 Å². The van der Waals surface area contributed by atoms with Crippen LogP contribution in [0.2, 0.25) is 0 Å². The first-order valence-electron chi connectivity index (χ1n) is 11.4. The molecule has 3 aromatic rings. The van der Waals surface area contributed by atoms with E-state index in [1.807, 2.05) is 60.0 Å². The largest absolute Gasteiger partial charge is 0.492 e. The van der Waals surface area contributed by atoms with Gasteiger partial charge in [0.1, 0.15) is 17.4 Å². The number of rotatable bonds is 10. The van der Waals surface area contributed by atoms with E-state index >= 15 is 0 Å².